The van der Waals surface area contributed by atoms with Crippen LogP contribution < -0.4 is 4.90 Å². The minimum absolute atomic E-state index is 0.115. The molecule has 2 aromatic carbocycles. The van der Waals surface area contributed by atoms with Gasteiger partial charge < -0.3 is 19.7 Å². The van der Waals surface area contributed by atoms with Gasteiger partial charge in [-0.05, 0) is 42.5 Å². The minimum Gasteiger partial charge on any atom is -0.382 e. The zero-order valence-corrected chi connectivity index (χ0v) is 18.1. The van der Waals surface area contributed by atoms with Crippen LogP contribution in [-0.2, 0) is 4.74 Å². The molecule has 1 saturated heterocycles. The van der Waals surface area contributed by atoms with Gasteiger partial charge in [0.2, 0.25) is 0 Å². The van der Waals surface area contributed by atoms with Crippen molar-refractivity contribution in [1.29, 1.82) is 0 Å². The Bertz CT molecular complexity index is 1500. The van der Waals surface area contributed by atoms with Crippen molar-refractivity contribution < 1.29 is 14.2 Å². The number of aliphatic hydroxyl groups excluding tert-OH is 1. The summed E-state index contributed by atoms with van der Waals surface area (Å²) in [6.45, 7) is 3.07. The van der Waals surface area contributed by atoms with E-state index >= 15 is 0 Å². The zero-order valence-electron chi connectivity index (χ0n) is 18.1. The Labute approximate surface area is 194 Å². The van der Waals surface area contributed by atoms with Gasteiger partial charge in [0.25, 0.3) is 0 Å². The number of rotatable bonds is 4. The summed E-state index contributed by atoms with van der Waals surface area (Å²) in [6.07, 6.45) is 3.30. The van der Waals surface area contributed by atoms with Crippen LogP contribution in [0.4, 0.5) is 10.1 Å². The molecule has 0 spiro atoms. The maximum atomic E-state index is 14.9. The third-order valence-electron chi connectivity index (χ3n) is 6.19. The van der Waals surface area contributed by atoms with Crippen LogP contribution in [0.2, 0.25) is 0 Å². The lowest BCUT2D eigenvalue weighted by atomic mass is 9.99. The van der Waals surface area contributed by atoms with E-state index in [4.69, 9.17) is 4.74 Å². The van der Waals surface area contributed by atoms with E-state index in [0.29, 0.717) is 41.2 Å². The number of hydrogen-bond donors (Lipinski definition) is 2. The van der Waals surface area contributed by atoms with Gasteiger partial charge in [-0.25, -0.2) is 24.3 Å². The number of aliphatic hydroxyl groups is 1. The van der Waals surface area contributed by atoms with Crippen LogP contribution in [0.1, 0.15) is 17.4 Å². The molecular formula is C25H21FN6O2. The molecule has 0 aliphatic carbocycles. The first-order chi connectivity index (χ1) is 16.7. The fourth-order valence-corrected chi connectivity index (χ4v) is 4.44. The average molecular weight is 456 g/mol. The first-order valence-electron chi connectivity index (χ1n) is 11.0. The van der Waals surface area contributed by atoms with Gasteiger partial charge in [0.1, 0.15) is 30.3 Å². The maximum Gasteiger partial charge on any atom is 0.129 e. The fraction of sp³-hybridized carbons (Fsp3) is 0.200. The van der Waals surface area contributed by atoms with Crippen molar-refractivity contribution in [3.8, 4) is 11.3 Å². The molecule has 170 valence electrons. The second-order valence-corrected chi connectivity index (χ2v) is 8.16. The number of anilines is 1. The first-order valence-corrected chi connectivity index (χ1v) is 11.0. The number of ether oxygens (including phenoxy) is 1. The van der Waals surface area contributed by atoms with Gasteiger partial charge in [-0.3, -0.25) is 0 Å². The highest BCUT2D eigenvalue weighted by Gasteiger charge is 2.21. The normalized spacial score (nSPS) is 15.2. The number of halogens is 1. The van der Waals surface area contributed by atoms with E-state index in [2.05, 4.69) is 29.8 Å². The van der Waals surface area contributed by atoms with Gasteiger partial charge in [-0.15, -0.1) is 0 Å². The molecular weight excluding hydrogens is 435 g/mol. The van der Waals surface area contributed by atoms with Crippen molar-refractivity contribution >= 4 is 27.6 Å². The molecule has 5 aromatic rings. The summed E-state index contributed by atoms with van der Waals surface area (Å²) in [4.78, 5) is 22.6. The molecule has 1 fully saturated rings. The monoisotopic (exact) mass is 456 g/mol. The molecule has 4 heterocycles. The molecule has 1 aliphatic heterocycles. The van der Waals surface area contributed by atoms with E-state index in [1.807, 2.05) is 18.2 Å². The Morgan fingerprint density at radius 1 is 0.941 bits per heavy atom. The van der Waals surface area contributed by atoms with Crippen molar-refractivity contribution in [2.75, 3.05) is 31.2 Å². The Morgan fingerprint density at radius 3 is 2.65 bits per heavy atom. The molecule has 1 aliphatic rings. The SMILES string of the molecule is OC(c1cc(-c2ncnc3cc(N4CCOCC4)ccc23)ccc1F)c1ncnc2cc[nH]c12. The van der Waals surface area contributed by atoms with Gasteiger partial charge in [-0.1, -0.05) is 0 Å². The number of H-pyrrole nitrogens is 1. The standard InChI is InChI=1S/C25H21FN6O2/c26-19-4-1-15(11-18(19)25(33)24-23-20(5-6-27-23)28-13-31-24)22-17-3-2-16(12-21(17)29-14-30-22)32-7-9-34-10-8-32/h1-6,11-14,25,27,33H,7-10H2. The van der Waals surface area contributed by atoms with E-state index < -0.39 is 11.9 Å². The molecule has 3 aromatic heterocycles. The van der Waals surface area contributed by atoms with Gasteiger partial charge >= 0.3 is 0 Å². The Kier molecular flexibility index (Phi) is 5.12. The van der Waals surface area contributed by atoms with Crippen molar-refractivity contribution in [3.05, 3.63) is 78.4 Å². The largest absolute Gasteiger partial charge is 0.382 e. The molecule has 0 amide bonds. The molecule has 0 radical (unpaired) electrons. The van der Waals surface area contributed by atoms with Crippen LogP contribution in [0.5, 0.6) is 0 Å². The third kappa shape index (κ3) is 3.55. The summed E-state index contributed by atoms with van der Waals surface area (Å²) in [5, 5.41) is 11.9. The van der Waals surface area contributed by atoms with Crippen LogP contribution in [0, 0.1) is 5.82 Å². The van der Waals surface area contributed by atoms with Crippen LogP contribution in [-0.4, -0.2) is 56.3 Å². The molecule has 2 N–H and O–H groups in total. The highest BCUT2D eigenvalue weighted by atomic mass is 19.1. The molecule has 34 heavy (non-hydrogen) atoms. The van der Waals surface area contributed by atoms with E-state index in [1.54, 1.807) is 24.4 Å². The molecule has 8 nitrogen and oxygen atoms in total. The second-order valence-electron chi connectivity index (χ2n) is 8.16. The van der Waals surface area contributed by atoms with Crippen LogP contribution in [0.3, 0.4) is 0 Å². The Balaban J connectivity index is 1.41. The molecule has 1 unspecified atom stereocenters. The molecule has 9 heteroatoms. The van der Waals surface area contributed by atoms with E-state index in [-0.39, 0.29) is 5.56 Å². The van der Waals surface area contributed by atoms with E-state index in [1.165, 1.54) is 18.7 Å². The smallest absolute Gasteiger partial charge is 0.129 e. The number of benzene rings is 2. The fourth-order valence-electron chi connectivity index (χ4n) is 4.44. The van der Waals surface area contributed by atoms with Crippen LogP contribution >= 0.6 is 0 Å². The number of aromatic nitrogens is 5. The predicted octanol–water partition coefficient (Wildman–Crippen LogP) is 3.63. The third-order valence-corrected chi connectivity index (χ3v) is 6.19. The van der Waals surface area contributed by atoms with Crippen molar-refractivity contribution in [1.82, 2.24) is 24.9 Å². The van der Waals surface area contributed by atoms with Gasteiger partial charge in [0.05, 0.1) is 35.5 Å². The predicted molar refractivity (Wildman–Crippen MR) is 126 cm³/mol. The molecule has 0 bridgehead atoms. The summed E-state index contributed by atoms with van der Waals surface area (Å²) >= 11 is 0. The average Bonchev–Trinajstić information content (AvgIpc) is 3.38. The Hall–Kier alpha value is -3.95. The van der Waals surface area contributed by atoms with E-state index in [0.717, 1.165) is 29.7 Å². The summed E-state index contributed by atoms with van der Waals surface area (Å²) < 4.78 is 20.3. The number of fused-ring (bicyclic) bond motifs is 2. The van der Waals surface area contributed by atoms with Crippen LogP contribution in [0.15, 0.2) is 61.3 Å². The first kappa shape index (κ1) is 20.6. The van der Waals surface area contributed by atoms with E-state index in [9.17, 15) is 9.50 Å². The van der Waals surface area contributed by atoms with Gasteiger partial charge in [-0.2, -0.15) is 0 Å². The molecule has 1 atom stereocenters. The lowest BCUT2D eigenvalue weighted by molar-refractivity contribution is 0.122. The second kappa shape index (κ2) is 8.44. The quantitative estimate of drug-likeness (QED) is 0.426. The lowest BCUT2D eigenvalue weighted by Crippen LogP contribution is -2.36. The Morgan fingerprint density at radius 2 is 1.76 bits per heavy atom. The highest BCUT2D eigenvalue weighted by molar-refractivity contribution is 5.94. The summed E-state index contributed by atoms with van der Waals surface area (Å²) in [5.74, 6) is -0.525. The number of nitrogens with one attached hydrogen (secondary N) is 1. The number of nitrogens with zero attached hydrogens (tertiary/aromatic N) is 5. The van der Waals surface area contributed by atoms with Crippen molar-refractivity contribution in [2.45, 2.75) is 6.10 Å². The van der Waals surface area contributed by atoms with Gasteiger partial charge in [0.15, 0.2) is 0 Å². The minimum atomic E-state index is -1.27. The number of hydrogen-bond acceptors (Lipinski definition) is 7. The highest BCUT2D eigenvalue weighted by Crippen LogP contribution is 2.33. The zero-order chi connectivity index (χ0) is 23.1. The van der Waals surface area contributed by atoms with Crippen LogP contribution in [0.25, 0.3) is 33.2 Å². The topological polar surface area (TPSA) is 100 Å². The number of morpholine rings is 1. The molecule has 6 rings (SSSR count). The van der Waals surface area contributed by atoms with Crippen molar-refractivity contribution in [3.63, 3.8) is 0 Å². The molecule has 0 saturated carbocycles. The lowest BCUT2D eigenvalue weighted by Gasteiger charge is -2.29. The van der Waals surface area contributed by atoms with Crippen molar-refractivity contribution in [2.24, 2.45) is 0 Å². The summed E-state index contributed by atoms with van der Waals surface area (Å²) in [7, 11) is 0. The summed E-state index contributed by atoms with van der Waals surface area (Å²) in [5.41, 5.74) is 4.87. The summed E-state index contributed by atoms with van der Waals surface area (Å²) in [6, 6.07) is 12.5. The maximum absolute atomic E-state index is 14.9. The van der Waals surface area contributed by atoms with Gasteiger partial charge in [0, 0.05) is 41.5 Å². The number of aromatic amines is 1.